The number of para-hydroxylation sites is 1. The van der Waals surface area contributed by atoms with Crippen LogP contribution in [-0.2, 0) is 6.42 Å². The van der Waals surface area contributed by atoms with Crippen molar-refractivity contribution in [1.82, 2.24) is 4.98 Å². The molecule has 0 saturated heterocycles. The smallest absolute Gasteiger partial charge is 0.118 e. The van der Waals surface area contributed by atoms with Crippen LogP contribution in [-0.4, -0.2) is 15.8 Å². The summed E-state index contributed by atoms with van der Waals surface area (Å²) in [6.07, 6.45) is 1.16. The molecular formula is C13H16N2O. The minimum atomic E-state index is -1.06. The summed E-state index contributed by atoms with van der Waals surface area (Å²) < 4.78 is 0. The highest BCUT2D eigenvalue weighted by Gasteiger charge is 2.34. The Morgan fingerprint density at radius 1 is 1.44 bits per heavy atom. The molecule has 1 aliphatic rings. The number of aromatic nitrogens is 1. The molecule has 1 aliphatic carbocycles. The predicted octanol–water partition coefficient (Wildman–Crippen LogP) is 1.86. The van der Waals surface area contributed by atoms with Crippen molar-refractivity contribution in [3.8, 4) is 0 Å². The van der Waals surface area contributed by atoms with E-state index < -0.39 is 5.72 Å². The first-order valence-corrected chi connectivity index (χ1v) is 5.67. The van der Waals surface area contributed by atoms with Crippen molar-refractivity contribution < 1.29 is 5.11 Å². The molecule has 3 nitrogen and oxygen atoms in total. The third-order valence-electron chi connectivity index (χ3n) is 3.48. The average Bonchev–Trinajstić information content (AvgIpc) is 2.56. The summed E-state index contributed by atoms with van der Waals surface area (Å²) in [5.41, 5.74) is 8.37. The maximum atomic E-state index is 10.0. The highest BCUT2D eigenvalue weighted by molar-refractivity contribution is 5.85. The predicted molar refractivity (Wildman–Crippen MR) is 64.2 cm³/mol. The third-order valence-corrected chi connectivity index (χ3v) is 3.48. The summed E-state index contributed by atoms with van der Waals surface area (Å²) >= 11 is 0. The van der Waals surface area contributed by atoms with E-state index in [0.29, 0.717) is 12.8 Å². The molecule has 84 valence electrons. The van der Waals surface area contributed by atoms with E-state index in [9.17, 15) is 5.11 Å². The number of hydrogen-bond donors (Lipinski definition) is 3. The summed E-state index contributed by atoms with van der Waals surface area (Å²) in [5.74, 6) is 0.283. The zero-order valence-electron chi connectivity index (χ0n) is 9.33. The number of hydrogen-bond acceptors (Lipinski definition) is 2. The Labute approximate surface area is 94.3 Å². The van der Waals surface area contributed by atoms with E-state index in [0.717, 1.165) is 5.52 Å². The van der Waals surface area contributed by atoms with Crippen LogP contribution in [0.4, 0.5) is 0 Å². The van der Waals surface area contributed by atoms with Crippen LogP contribution in [0.5, 0.6) is 0 Å². The monoisotopic (exact) mass is 216 g/mol. The quantitative estimate of drug-likeness (QED) is 0.589. The van der Waals surface area contributed by atoms with Crippen molar-refractivity contribution in [2.75, 3.05) is 0 Å². The Morgan fingerprint density at radius 2 is 2.19 bits per heavy atom. The fraction of sp³-hybridized carbons (Fsp3) is 0.385. The highest BCUT2D eigenvalue weighted by Crippen LogP contribution is 2.38. The van der Waals surface area contributed by atoms with Gasteiger partial charge in [0.1, 0.15) is 5.72 Å². The van der Waals surface area contributed by atoms with Crippen LogP contribution in [0.3, 0.4) is 0 Å². The maximum absolute atomic E-state index is 10.0. The lowest BCUT2D eigenvalue weighted by Crippen LogP contribution is -2.45. The van der Waals surface area contributed by atoms with Gasteiger partial charge < -0.3 is 15.8 Å². The lowest BCUT2D eigenvalue weighted by molar-refractivity contribution is 0.0258. The van der Waals surface area contributed by atoms with Gasteiger partial charge in [0, 0.05) is 28.9 Å². The van der Waals surface area contributed by atoms with E-state index in [-0.39, 0.29) is 5.92 Å². The fourth-order valence-corrected chi connectivity index (χ4v) is 2.84. The van der Waals surface area contributed by atoms with E-state index >= 15 is 0 Å². The molecule has 4 N–H and O–H groups in total. The average molecular weight is 216 g/mol. The number of nitrogens with one attached hydrogen (secondary N) is 1. The summed E-state index contributed by atoms with van der Waals surface area (Å²) in [7, 11) is 0. The molecule has 0 fully saturated rings. The van der Waals surface area contributed by atoms with Crippen molar-refractivity contribution in [2.24, 2.45) is 5.73 Å². The molecule has 0 bridgehead atoms. The number of H-pyrrole nitrogens is 1. The van der Waals surface area contributed by atoms with Crippen molar-refractivity contribution >= 4 is 10.9 Å². The van der Waals surface area contributed by atoms with Gasteiger partial charge in [-0.05, 0) is 18.1 Å². The lowest BCUT2D eigenvalue weighted by Gasteiger charge is -2.32. The minimum Gasteiger partial charge on any atom is -0.376 e. The molecule has 1 unspecified atom stereocenters. The standard InChI is InChI=1S/C13H16N2O/c1-8-6-13(14,16)7-10-9-4-2-3-5-11(9)15-12(8)10/h2-5,8,15-16H,6-7,14H2,1H3/t8-,13?/m0/s1. The van der Waals surface area contributed by atoms with Gasteiger partial charge in [0.05, 0.1) is 0 Å². The van der Waals surface area contributed by atoms with E-state index in [1.807, 2.05) is 12.1 Å². The summed E-state index contributed by atoms with van der Waals surface area (Å²) in [4.78, 5) is 3.44. The number of fused-ring (bicyclic) bond motifs is 3. The lowest BCUT2D eigenvalue weighted by atomic mass is 9.82. The zero-order valence-corrected chi connectivity index (χ0v) is 9.33. The molecule has 0 radical (unpaired) electrons. The maximum Gasteiger partial charge on any atom is 0.118 e. The van der Waals surface area contributed by atoms with Crippen LogP contribution in [0.15, 0.2) is 24.3 Å². The molecule has 3 heteroatoms. The van der Waals surface area contributed by atoms with Crippen LogP contribution < -0.4 is 5.73 Å². The third kappa shape index (κ3) is 1.36. The van der Waals surface area contributed by atoms with Crippen molar-refractivity contribution in [1.29, 1.82) is 0 Å². The molecule has 0 aliphatic heterocycles. The van der Waals surface area contributed by atoms with Crippen LogP contribution in [0, 0.1) is 0 Å². The Kier molecular flexibility index (Phi) is 1.91. The number of benzene rings is 1. The topological polar surface area (TPSA) is 62.0 Å². The van der Waals surface area contributed by atoms with Crippen LogP contribution >= 0.6 is 0 Å². The summed E-state index contributed by atoms with van der Waals surface area (Å²) in [6, 6.07) is 8.18. The normalized spacial score (nSPS) is 29.3. The Hall–Kier alpha value is -1.32. The molecule has 3 rings (SSSR count). The van der Waals surface area contributed by atoms with Gasteiger partial charge >= 0.3 is 0 Å². The van der Waals surface area contributed by atoms with E-state index in [4.69, 9.17) is 5.73 Å². The highest BCUT2D eigenvalue weighted by atomic mass is 16.3. The second kappa shape index (κ2) is 3.09. The summed E-state index contributed by atoms with van der Waals surface area (Å²) in [6.45, 7) is 2.10. The van der Waals surface area contributed by atoms with Gasteiger partial charge in [-0.25, -0.2) is 0 Å². The molecular weight excluding hydrogens is 200 g/mol. The van der Waals surface area contributed by atoms with Gasteiger partial charge in [0.25, 0.3) is 0 Å². The molecule has 2 aromatic rings. The largest absolute Gasteiger partial charge is 0.376 e. The zero-order chi connectivity index (χ0) is 11.3. The van der Waals surface area contributed by atoms with Gasteiger partial charge in [-0.1, -0.05) is 25.1 Å². The van der Waals surface area contributed by atoms with Crippen molar-refractivity contribution in [2.45, 2.75) is 31.4 Å². The van der Waals surface area contributed by atoms with E-state index in [1.54, 1.807) is 0 Å². The van der Waals surface area contributed by atoms with Gasteiger partial charge in [0.2, 0.25) is 0 Å². The van der Waals surface area contributed by atoms with Gasteiger partial charge in [-0.3, -0.25) is 0 Å². The molecule has 1 aromatic carbocycles. The molecule has 1 heterocycles. The Balaban J connectivity index is 2.26. The van der Waals surface area contributed by atoms with E-state index in [2.05, 4.69) is 24.0 Å². The number of nitrogens with two attached hydrogens (primary N) is 1. The van der Waals surface area contributed by atoms with Gasteiger partial charge in [-0.2, -0.15) is 0 Å². The van der Waals surface area contributed by atoms with Crippen LogP contribution in [0.2, 0.25) is 0 Å². The van der Waals surface area contributed by atoms with E-state index in [1.165, 1.54) is 16.6 Å². The molecule has 0 saturated carbocycles. The Bertz CT molecular complexity index is 542. The van der Waals surface area contributed by atoms with Crippen molar-refractivity contribution in [3.63, 3.8) is 0 Å². The first-order valence-electron chi connectivity index (χ1n) is 5.67. The SMILES string of the molecule is C[C@H]1CC(N)(O)Cc2c1[nH]c1ccccc21. The van der Waals surface area contributed by atoms with Gasteiger partial charge in [-0.15, -0.1) is 0 Å². The number of rotatable bonds is 0. The first-order chi connectivity index (χ1) is 7.57. The first kappa shape index (κ1) is 9.87. The summed E-state index contributed by atoms with van der Waals surface area (Å²) in [5, 5.41) is 11.2. The minimum absolute atomic E-state index is 0.283. The van der Waals surface area contributed by atoms with Gasteiger partial charge in [0.15, 0.2) is 0 Å². The molecule has 0 spiro atoms. The molecule has 16 heavy (non-hydrogen) atoms. The van der Waals surface area contributed by atoms with Crippen molar-refractivity contribution in [3.05, 3.63) is 35.5 Å². The number of aliphatic hydroxyl groups is 1. The number of aromatic amines is 1. The Morgan fingerprint density at radius 3 is 3.00 bits per heavy atom. The van der Waals surface area contributed by atoms with Crippen LogP contribution in [0.1, 0.15) is 30.5 Å². The molecule has 0 amide bonds. The second-order valence-corrected chi connectivity index (χ2v) is 4.95. The second-order valence-electron chi connectivity index (χ2n) is 4.95. The van der Waals surface area contributed by atoms with Crippen LogP contribution in [0.25, 0.3) is 10.9 Å². The molecule has 1 aromatic heterocycles. The molecule has 2 atom stereocenters. The fourth-order valence-electron chi connectivity index (χ4n) is 2.84.